The van der Waals surface area contributed by atoms with Crippen LogP contribution in [0.1, 0.15) is 0 Å². The molecule has 10 heteroatoms. The van der Waals surface area contributed by atoms with Crippen LogP contribution in [-0.4, -0.2) is 30.0 Å². The largest absolute Gasteiger partial charge is 0.482 e. The molecule has 0 aliphatic carbocycles. The standard InChI is InChI=1S/C16H12F2N2O6/c17-10-1-6-14(13(18)7-10)19-15(21)8-26-16(22)9-25-12-4-2-11(3-5-12)20(23)24/h1-7H,8-9H2,(H,19,21). The molecule has 1 N–H and O–H groups in total. The average molecular weight is 366 g/mol. The van der Waals surface area contributed by atoms with Gasteiger partial charge in [-0.3, -0.25) is 14.9 Å². The molecule has 0 fully saturated rings. The topological polar surface area (TPSA) is 108 Å². The van der Waals surface area contributed by atoms with Crippen molar-refractivity contribution in [3.63, 3.8) is 0 Å². The maximum atomic E-state index is 13.4. The third-order valence-electron chi connectivity index (χ3n) is 2.97. The van der Waals surface area contributed by atoms with Gasteiger partial charge in [-0.15, -0.1) is 0 Å². The molecule has 0 aromatic heterocycles. The molecule has 136 valence electrons. The predicted molar refractivity (Wildman–Crippen MR) is 84.5 cm³/mol. The van der Waals surface area contributed by atoms with Crippen LogP contribution in [0.3, 0.4) is 0 Å². The first-order valence-corrected chi connectivity index (χ1v) is 7.13. The van der Waals surface area contributed by atoms with E-state index in [1.165, 1.54) is 24.3 Å². The summed E-state index contributed by atoms with van der Waals surface area (Å²) in [6.07, 6.45) is 0. The third kappa shape index (κ3) is 5.51. The van der Waals surface area contributed by atoms with Crippen LogP contribution in [0.4, 0.5) is 20.2 Å². The molecular weight excluding hydrogens is 354 g/mol. The number of anilines is 1. The second-order valence-corrected chi connectivity index (χ2v) is 4.87. The van der Waals surface area contributed by atoms with Crippen molar-refractivity contribution in [1.29, 1.82) is 0 Å². The van der Waals surface area contributed by atoms with Crippen LogP contribution in [0.25, 0.3) is 0 Å². The highest BCUT2D eigenvalue weighted by atomic mass is 19.1. The number of non-ortho nitro benzene ring substituents is 1. The minimum Gasteiger partial charge on any atom is -0.482 e. The maximum absolute atomic E-state index is 13.4. The molecule has 0 aliphatic rings. The highest BCUT2D eigenvalue weighted by molar-refractivity contribution is 5.92. The lowest BCUT2D eigenvalue weighted by atomic mass is 10.3. The number of hydrogen-bond acceptors (Lipinski definition) is 6. The number of benzene rings is 2. The highest BCUT2D eigenvalue weighted by Crippen LogP contribution is 2.17. The molecule has 0 saturated heterocycles. The molecule has 0 bridgehead atoms. The first-order valence-electron chi connectivity index (χ1n) is 7.13. The molecule has 0 unspecified atom stereocenters. The van der Waals surface area contributed by atoms with E-state index in [4.69, 9.17) is 4.74 Å². The Bertz CT molecular complexity index is 826. The summed E-state index contributed by atoms with van der Waals surface area (Å²) in [5.74, 6) is -3.26. The summed E-state index contributed by atoms with van der Waals surface area (Å²) in [5, 5.41) is 12.6. The Kier molecular flexibility index (Phi) is 6.15. The lowest BCUT2D eigenvalue weighted by molar-refractivity contribution is -0.384. The highest BCUT2D eigenvalue weighted by Gasteiger charge is 2.12. The van der Waals surface area contributed by atoms with Gasteiger partial charge in [0.2, 0.25) is 0 Å². The van der Waals surface area contributed by atoms with Crippen molar-refractivity contribution < 1.29 is 32.8 Å². The van der Waals surface area contributed by atoms with E-state index >= 15 is 0 Å². The summed E-state index contributed by atoms with van der Waals surface area (Å²) < 4.78 is 35.8. The number of esters is 1. The number of amides is 1. The number of nitro benzene ring substituents is 1. The Morgan fingerprint density at radius 1 is 1.08 bits per heavy atom. The molecule has 0 aliphatic heterocycles. The third-order valence-corrected chi connectivity index (χ3v) is 2.97. The van der Waals surface area contributed by atoms with Crippen LogP contribution < -0.4 is 10.1 Å². The SMILES string of the molecule is O=C(COC(=O)COc1ccc([N+](=O)[O-])cc1)Nc1ccc(F)cc1F. The van der Waals surface area contributed by atoms with Crippen LogP contribution >= 0.6 is 0 Å². The molecule has 0 radical (unpaired) electrons. The Labute approximate surface area is 145 Å². The van der Waals surface area contributed by atoms with Gasteiger partial charge in [0.25, 0.3) is 11.6 Å². The van der Waals surface area contributed by atoms with Crippen molar-refractivity contribution in [1.82, 2.24) is 0 Å². The number of rotatable bonds is 7. The summed E-state index contributed by atoms with van der Waals surface area (Å²) in [4.78, 5) is 33.0. The first-order chi connectivity index (χ1) is 12.3. The molecule has 0 heterocycles. The van der Waals surface area contributed by atoms with Crippen molar-refractivity contribution >= 4 is 23.3 Å². The van der Waals surface area contributed by atoms with Crippen molar-refractivity contribution in [3.8, 4) is 5.75 Å². The second kappa shape index (κ2) is 8.51. The lowest BCUT2D eigenvalue weighted by Gasteiger charge is -2.08. The van der Waals surface area contributed by atoms with E-state index in [1.807, 2.05) is 0 Å². The van der Waals surface area contributed by atoms with Gasteiger partial charge in [0, 0.05) is 18.2 Å². The number of ether oxygens (including phenoxy) is 2. The number of carbonyl (C=O) groups is 2. The van der Waals surface area contributed by atoms with E-state index in [-0.39, 0.29) is 17.1 Å². The zero-order valence-electron chi connectivity index (χ0n) is 13.1. The Morgan fingerprint density at radius 2 is 1.77 bits per heavy atom. The number of nitrogens with one attached hydrogen (secondary N) is 1. The Hall–Kier alpha value is -3.56. The molecule has 26 heavy (non-hydrogen) atoms. The first kappa shape index (κ1) is 18.8. The van der Waals surface area contributed by atoms with Gasteiger partial charge in [-0.2, -0.15) is 0 Å². The van der Waals surface area contributed by atoms with E-state index in [2.05, 4.69) is 10.1 Å². The number of hydrogen-bond donors (Lipinski definition) is 1. The van der Waals surface area contributed by atoms with Gasteiger partial charge in [0.15, 0.2) is 13.2 Å². The summed E-state index contributed by atoms with van der Waals surface area (Å²) in [6, 6.07) is 7.59. The van der Waals surface area contributed by atoms with Crippen molar-refractivity contribution in [3.05, 3.63) is 64.2 Å². The van der Waals surface area contributed by atoms with Crippen LogP contribution in [-0.2, 0) is 14.3 Å². The Balaban J connectivity index is 1.75. The molecule has 0 saturated carbocycles. The van der Waals surface area contributed by atoms with E-state index in [9.17, 15) is 28.5 Å². The summed E-state index contributed by atoms with van der Waals surface area (Å²) in [7, 11) is 0. The molecule has 8 nitrogen and oxygen atoms in total. The van der Waals surface area contributed by atoms with Gasteiger partial charge in [-0.25, -0.2) is 13.6 Å². The fourth-order valence-electron chi connectivity index (χ4n) is 1.77. The zero-order chi connectivity index (χ0) is 19.1. The second-order valence-electron chi connectivity index (χ2n) is 4.87. The zero-order valence-corrected chi connectivity index (χ0v) is 13.1. The monoisotopic (exact) mass is 366 g/mol. The molecule has 0 spiro atoms. The number of nitro groups is 1. The van der Waals surface area contributed by atoms with Gasteiger partial charge in [0.05, 0.1) is 10.6 Å². The molecule has 2 rings (SSSR count). The summed E-state index contributed by atoms with van der Waals surface area (Å²) in [5.41, 5.74) is -0.390. The van der Waals surface area contributed by atoms with E-state index in [0.717, 1.165) is 12.1 Å². The van der Waals surface area contributed by atoms with E-state index in [0.29, 0.717) is 6.07 Å². The van der Waals surface area contributed by atoms with Crippen molar-refractivity contribution in [2.45, 2.75) is 0 Å². The molecular formula is C16H12F2N2O6. The minimum atomic E-state index is -0.966. The molecule has 0 atom stereocenters. The van der Waals surface area contributed by atoms with Gasteiger partial charge in [-0.1, -0.05) is 0 Å². The van der Waals surface area contributed by atoms with Crippen LogP contribution in [0.15, 0.2) is 42.5 Å². The Morgan fingerprint density at radius 3 is 2.38 bits per heavy atom. The number of carbonyl (C=O) groups excluding carboxylic acids is 2. The van der Waals surface area contributed by atoms with Gasteiger partial charge in [-0.05, 0) is 24.3 Å². The average Bonchev–Trinajstić information content (AvgIpc) is 2.61. The molecule has 1 amide bonds. The van der Waals surface area contributed by atoms with Crippen LogP contribution in [0, 0.1) is 21.7 Å². The normalized spacial score (nSPS) is 10.1. The lowest BCUT2D eigenvalue weighted by Crippen LogP contribution is -2.24. The van der Waals surface area contributed by atoms with Gasteiger partial charge in [0.1, 0.15) is 17.4 Å². The quantitative estimate of drug-likeness (QED) is 0.458. The van der Waals surface area contributed by atoms with E-state index in [1.54, 1.807) is 0 Å². The minimum absolute atomic E-state index is 0.135. The predicted octanol–water partition coefficient (Wildman–Crippen LogP) is 2.43. The van der Waals surface area contributed by atoms with E-state index < -0.39 is 41.6 Å². The molecule has 2 aromatic rings. The fourth-order valence-corrected chi connectivity index (χ4v) is 1.77. The van der Waals surface area contributed by atoms with Gasteiger partial charge < -0.3 is 14.8 Å². The smallest absolute Gasteiger partial charge is 0.344 e. The fraction of sp³-hybridized carbons (Fsp3) is 0.125. The number of halogens is 2. The summed E-state index contributed by atoms with van der Waals surface area (Å²) in [6.45, 7) is -1.23. The van der Waals surface area contributed by atoms with Gasteiger partial charge >= 0.3 is 5.97 Å². The van der Waals surface area contributed by atoms with Crippen LogP contribution in [0.2, 0.25) is 0 Å². The maximum Gasteiger partial charge on any atom is 0.344 e. The molecule has 2 aromatic carbocycles. The summed E-state index contributed by atoms with van der Waals surface area (Å²) >= 11 is 0. The number of nitrogens with zero attached hydrogens (tertiary/aromatic N) is 1. The van der Waals surface area contributed by atoms with Crippen molar-refractivity contribution in [2.24, 2.45) is 0 Å². The van der Waals surface area contributed by atoms with Crippen molar-refractivity contribution in [2.75, 3.05) is 18.5 Å². The van der Waals surface area contributed by atoms with Crippen LogP contribution in [0.5, 0.6) is 5.75 Å².